The number of carbonyl (C=O) groups excluding carboxylic acids is 1. The Balaban J connectivity index is 2.65. The molecule has 1 heterocycles. The van der Waals surface area contributed by atoms with E-state index in [4.69, 9.17) is 4.74 Å². The Bertz CT molecular complexity index is 550. The standard InChI is InChI=1S/C10H11NO4S/c1-6-10(12)11-8-5-7(15-2)3-4-9(8)16(6,13)14/h3-6H,1-2H3,(H,11,12). The van der Waals surface area contributed by atoms with Gasteiger partial charge in [-0.05, 0) is 19.1 Å². The average Bonchev–Trinajstić information content (AvgIpc) is 2.26. The van der Waals surface area contributed by atoms with E-state index in [0.29, 0.717) is 5.75 Å². The van der Waals surface area contributed by atoms with Crippen LogP contribution in [-0.4, -0.2) is 26.7 Å². The molecular formula is C10H11NO4S. The largest absolute Gasteiger partial charge is 0.497 e. The Morgan fingerprint density at radius 2 is 2.06 bits per heavy atom. The summed E-state index contributed by atoms with van der Waals surface area (Å²) in [5.74, 6) is -0.00967. The molecule has 1 aliphatic heterocycles. The van der Waals surface area contributed by atoms with Crippen molar-refractivity contribution in [2.75, 3.05) is 12.4 Å². The van der Waals surface area contributed by atoms with Gasteiger partial charge < -0.3 is 10.1 Å². The van der Waals surface area contributed by atoms with Crippen LogP contribution in [0, 0.1) is 0 Å². The maximum absolute atomic E-state index is 11.9. The Hall–Kier alpha value is -1.56. The highest BCUT2D eigenvalue weighted by Crippen LogP contribution is 2.32. The molecule has 0 aromatic heterocycles. The number of hydrogen-bond donors (Lipinski definition) is 1. The Morgan fingerprint density at radius 3 is 2.69 bits per heavy atom. The number of hydrogen-bond acceptors (Lipinski definition) is 4. The highest BCUT2D eigenvalue weighted by Gasteiger charge is 2.36. The molecule has 0 aliphatic carbocycles. The van der Waals surface area contributed by atoms with Gasteiger partial charge in [0.05, 0.1) is 17.7 Å². The van der Waals surface area contributed by atoms with Crippen molar-refractivity contribution < 1.29 is 17.9 Å². The van der Waals surface area contributed by atoms with E-state index in [9.17, 15) is 13.2 Å². The predicted octanol–water partition coefficient (Wildman–Crippen LogP) is 0.809. The van der Waals surface area contributed by atoms with Gasteiger partial charge in [0.25, 0.3) is 0 Å². The first-order valence-corrected chi connectivity index (χ1v) is 6.24. The van der Waals surface area contributed by atoms with Gasteiger partial charge in [0.15, 0.2) is 9.84 Å². The minimum atomic E-state index is -3.56. The van der Waals surface area contributed by atoms with Gasteiger partial charge in [-0.3, -0.25) is 4.79 Å². The lowest BCUT2D eigenvalue weighted by atomic mass is 10.2. The van der Waals surface area contributed by atoms with Gasteiger partial charge in [0, 0.05) is 6.07 Å². The summed E-state index contributed by atoms with van der Waals surface area (Å²) < 4.78 is 28.8. The number of benzene rings is 1. The number of ether oxygens (including phenoxy) is 1. The summed E-state index contributed by atoms with van der Waals surface area (Å²) in [7, 11) is -2.09. The fourth-order valence-electron chi connectivity index (χ4n) is 1.55. The van der Waals surface area contributed by atoms with Crippen LogP contribution in [0.15, 0.2) is 23.1 Å². The number of sulfone groups is 1. The molecule has 16 heavy (non-hydrogen) atoms. The average molecular weight is 241 g/mol. The highest BCUT2D eigenvalue weighted by atomic mass is 32.2. The fraction of sp³-hybridized carbons (Fsp3) is 0.300. The van der Waals surface area contributed by atoms with Crippen molar-refractivity contribution in [1.29, 1.82) is 0 Å². The predicted molar refractivity (Wildman–Crippen MR) is 58.3 cm³/mol. The van der Waals surface area contributed by atoms with Gasteiger partial charge in [0.1, 0.15) is 11.0 Å². The van der Waals surface area contributed by atoms with E-state index in [1.165, 1.54) is 26.2 Å². The van der Waals surface area contributed by atoms with Gasteiger partial charge in [-0.25, -0.2) is 8.42 Å². The third-order valence-electron chi connectivity index (χ3n) is 2.59. The molecule has 0 bridgehead atoms. The van der Waals surface area contributed by atoms with Gasteiger partial charge in [-0.15, -0.1) is 0 Å². The monoisotopic (exact) mass is 241 g/mol. The van der Waals surface area contributed by atoms with Crippen molar-refractivity contribution in [3.05, 3.63) is 18.2 Å². The molecule has 1 amide bonds. The van der Waals surface area contributed by atoms with E-state index in [1.807, 2.05) is 0 Å². The number of anilines is 1. The molecule has 0 fully saturated rings. The Labute approximate surface area is 93.3 Å². The molecular weight excluding hydrogens is 230 g/mol. The minimum absolute atomic E-state index is 0.139. The van der Waals surface area contributed by atoms with Crippen LogP contribution < -0.4 is 10.1 Å². The molecule has 86 valence electrons. The SMILES string of the molecule is COc1ccc2c(c1)NC(=O)C(C)S2(=O)=O. The second kappa shape index (κ2) is 3.48. The molecule has 1 aromatic carbocycles. The van der Waals surface area contributed by atoms with Gasteiger partial charge >= 0.3 is 0 Å². The molecule has 0 radical (unpaired) electrons. The lowest BCUT2D eigenvalue weighted by Gasteiger charge is -2.22. The molecule has 0 spiro atoms. The van der Waals surface area contributed by atoms with Gasteiger partial charge in [0.2, 0.25) is 5.91 Å². The topological polar surface area (TPSA) is 72.5 Å². The number of methoxy groups -OCH3 is 1. The van der Waals surface area contributed by atoms with Crippen LogP contribution in [0.1, 0.15) is 6.92 Å². The lowest BCUT2D eigenvalue weighted by molar-refractivity contribution is -0.115. The molecule has 5 nitrogen and oxygen atoms in total. The van der Waals surface area contributed by atoms with Crippen molar-refractivity contribution in [1.82, 2.24) is 0 Å². The van der Waals surface area contributed by atoms with E-state index in [0.717, 1.165) is 0 Å². The number of carbonyl (C=O) groups is 1. The third kappa shape index (κ3) is 1.46. The lowest BCUT2D eigenvalue weighted by Crippen LogP contribution is -2.37. The second-order valence-electron chi connectivity index (χ2n) is 3.54. The summed E-state index contributed by atoms with van der Waals surface area (Å²) in [5.41, 5.74) is 0.280. The molecule has 1 aliphatic rings. The van der Waals surface area contributed by atoms with Crippen LogP contribution in [0.2, 0.25) is 0 Å². The smallest absolute Gasteiger partial charge is 0.242 e. The maximum Gasteiger partial charge on any atom is 0.242 e. The molecule has 1 unspecified atom stereocenters. The fourth-order valence-corrected chi connectivity index (χ4v) is 2.94. The van der Waals surface area contributed by atoms with E-state index in [1.54, 1.807) is 6.07 Å². The number of amides is 1. The zero-order chi connectivity index (χ0) is 11.9. The summed E-state index contributed by atoms with van der Waals surface area (Å²) in [6, 6.07) is 4.50. The number of fused-ring (bicyclic) bond motifs is 1. The minimum Gasteiger partial charge on any atom is -0.497 e. The Morgan fingerprint density at radius 1 is 1.38 bits per heavy atom. The molecule has 0 saturated heterocycles. The van der Waals surface area contributed by atoms with E-state index >= 15 is 0 Å². The van der Waals surface area contributed by atoms with Crippen molar-refractivity contribution in [3.63, 3.8) is 0 Å². The maximum atomic E-state index is 11.9. The van der Waals surface area contributed by atoms with Crippen LogP contribution >= 0.6 is 0 Å². The van der Waals surface area contributed by atoms with Crippen molar-refractivity contribution in [3.8, 4) is 5.75 Å². The molecule has 0 saturated carbocycles. The Kier molecular flexibility index (Phi) is 2.38. The summed E-state index contributed by atoms with van der Waals surface area (Å²) in [6.07, 6.45) is 0. The van der Waals surface area contributed by atoms with E-state index < -0.39 is 21.0 Å². The number of rotatable bonds is 1. The van der Waals surface area contributed by atoms with Crippen LogP contribution in [0.5, 0.6) is 5.75 Å². The molecule has 6 heteroatoms. The van der Waals surface area contributed by atoms with E-state index in [2.05, 4.69) is 5.32 Å². The van der Waals surface area contributed by atoms with Crippen LogP contribution in [0.25, 0.3) is 0 Å². The quantitative estimate of drug-likeness (QED) is 0.789. The summed E-state index contributed by atoms with van der Waals surface area (Å²) >= 11 is 0. The normalized spacial score (nSPS) is 22.1. The van der Waals surface area contributed by atoms with Crippen molar-refractivity contribution >= 4 is 21.4 Å². The van der Waals surface area contributed by atoms with Crippen molar-refractivity contribution in [2.24, 2.45) is 0 Å². The van der Waals surface area contributed by atoms with Crippen LogP contribution in [0.4, 0.5) is 5.69 Å². The first kappa shape index (κ1) is 10.9. The highest BCUT2D eigenvalue weighted by molar-refractivity contribution is 7.93. The van der Waals surface area contributed by atoms with Gasteiger partial charge in [-0.2, -0.15) is 0 Å². The summed E-state index contributed by atoms with van der Waals surface area (Å²) in [5, 5.41) is 1.49. The summed E-state index contributed by atoms with van der Waals surface area (Å²) in [6.45, 7) is 1.37. The molecule has 1 N–H and O–H groups in total. The third-order valence-corrected chi connectivity index (χ3v) is 4.70. The van der Waals surface area contributed by atoms with Crippen molar-refractivity contribution in [2.45, 2.75) is 17.1 Å². The summed E-state index contributed by atoms with van der Waals surface area (Å²) in [4.78, 5) is 11.6. The van der Waals surface area contributed by atoms with Crippen LogP contribution in [-0.2, 0) is 14.6 Å². The zero-order valence-corrected chi connectivity index (χ0v) is 9.67. The molecule has 2 rings (SSSR count). The first-order chi connectivity index (χ1) is 7.46. The van der Waals surface area contributed by atoms with E-state index in [-0.39, 0.29) is 10.6 Å². The first-order valence-electron chi connectivity index (χ1n) is 4.69. The zero-order valence-electron chi connectivity index (χ0n) is 8.85. The van der Waals surface area contributed by atoms with Crippen LogP contribution in [0.3, 0.4) is 0 Å². The molecule has 1 aromatic rings. The second-order valence-corrected chi connectivity index (χ2v) is 5.78. The van der Waals surface area contributed by atoms with Gasteiger partial charge in [-0.1, -0.05) is 0 Å². The molecule has 1 atom stereocenters. The number of nitrogens with one attached hydrogen (secondary N) is 1.